The van der Waals surface area contributed by atoms with E-state index in [9.17, 15) is 4.79 Å². The molecule has 0 spiro atoms. The maximum Gasteiger partial charge on any atom is 0.227 e. The lowest BCUT2D eigenvalue weighted by Gasteiger charge is -2.36. The van der Waals surface area contributed by atoms with Crippen LogP contribution in [0.3, 0.4) is 0 Å². The van der Waals surface area contributed by atoms with E-state index in [1.165, 1.54) is 25.7 Å². The van der Waals surface area contributed by atoms with Crippen molar-refractivity contribution in [3.63, 3.8) is 0 Å². The van der Waals surface area contributed by atoms with E-state index >= 15 is 0 Å². The first-order chi connectivity index (χ1) is 9.60. The van der Waals surface area contributed by atoms with Crippen LogP contribution in [0.1, 0.15) is 51.4 Å². The standard InChI is InChI=1S/C15H29N3O2/c16-11-14(7-9-20-10-8-14)13(19)18-12-15(17)5-3-1-2-4-6-15/h1-12,16-17H2,(H,18,19). The Morgan fingerprint density at radius 2 is 1.65 bits per heavy atom. The lowest BCUT2D eigenvalue weighted by molar-refractivity contribution is -0.136. The minimum atomic E-state index is -0.445. The molecule has 1 aliphatic heterocycles. The zero-order valence-corrected chi connectivity index (χ0v) is 12.5. The van der Waals surface area contributed by atoms with Crippen molar-refractivity contribution in [1.82, 2.24) is 5.32 Å². The number of hydrogen-bond acceptors (Lipinski definition) is 4. The van der Waals surface area contributed by atoms with Gasteiger partial charge in [0.1, 0.15) is 0 Å². The molecular formula is C15H29N3O2. The third kappa shape index (κ3) is 3.71. The van der Waals surface area contributed by atoms with Crippen molar-refractivity contribution in [3.05, 3.63) is 0 Å². The van der Waals surface area contributed by atoms with E-state index in [1.807, 2.05) is 0 Å². The molecule has 2 fully saturated rings. The smallest absolute Gasteiger partial charge is 0.227 e. The van der Waals surface area contributed by atoms with Crippen LogP contribution >= 0.6 is 0 Å². The van der Waals surface area contributed by atoms with Crippen molar-refractivity contribution in [3.8, 4) is 0 Å². The van der Waals surface area contributed by atoms with E-state index in [0.29, 0.717) is 39.1 Å². The second kappa shape index (κ2) is 6.87. The van der Waals surface area contributed by atoms with E-state index in [2.05, 4.69) is 5.32 Å². The Bertz CT molecular complexity index is 319. The fourth-order valence-corrected chi connectivity index (χ4v) is 3.34. The van der Waals surface area contributed by atoms with E-state index in [1.54, 1.807) is 0 Å². The molecule has 2 aliphatic rings. The van der Waals surface area contributed by atoms with Gasteiger partial charge in [-0.05, 0) is 25.7 Å². The predicted octanol–water partition coefficient (Wildman–Crippen LogP) is 0.910. The van der Waals surface area contributed by atoms with Gasteiger partial charge in [-0.3, -0.25) is 4.79 Å². The van der Waals surface area contributed by atoms with Crippen LogP contribution in [0.15, 0.2) is 0 Å². The highest BCUT2D eigenvalue weighted by Crippen LogP contribution is 2.30. The van der Waals surface area contributed by atoms with E-state index in [0.717, 1.165) is 12.8 Å². The highest BCUT2D eigenvalue weighted by atomic mass is 16.5. The number of rotatable bonds is 4. The summed E-state index contributed by atoms with van der Waals surface area (Å²) in [5.41, 5.74) is 11.6. The fraction of sp³-hybridized carbons (Fsp3) is 0.933. The lowest BCUT2D eigenvalue weighted by Crippen LogP contribution is -2.55. The molecular weight excluding hydrogens is 254 g/mol. The van der Waals surface area contributed by atoms with Crippen molar-refractivity contribution in [1.29, 1.82) is 0 Å². The Labute approximate surface area is 121 Å². The Balaban J connectivity index is 1.89. The quantitative estimate of drug-likeness (QED) is 0.669. The number of hydrogen-bond donors (Lipinski definition) is 3. The number of ether oxygens (including phenoxy) is 1. The van der Waals surface area contributed by atoms with Gasteiger partial charge in [0, 0.05) is 31.8 Å². The van der Waals surface area contributed by atoms with E-state index in [-0.39, 0.29) is 11.4 Å². The molecule has 1 heterocycles. The second-order valence-electron chi connectivity index (χ2n) is 6.56. The first-order valence-corrected chi connectivity index (χ1v) is 7.95. The zero-order valence-electron chi connectivity index (χ0n) is 12.5. The van der Waals surface area contributed by atoms with Gasteiger partial charge >= 0.3 is 0 Å². The molecule has 0 aromatic heterocycles. The lowest BCUT2D eigenvalue weighted by atomic mass is 9.79. The van der Waals surface area contributed by atoms with Gasteiger partial charge < -0.3 is 21.5 Å². The topological polar surface area (TPSA) is 90.4 Å². The van der Waals surface area contributed by atoms with Gasteiger partial charge in [-0.15, -0.1) is 0 Å². The Kier molecular flexibility index (Phi) is 5.41. The van der Waals surface area contributed by atoms with E-state index in [4.69, 9.17) is 16.2 Å². The Hall–Kier alpha value is -0.650. The summed E-state index contributed by atoms with van der Waals surface area (Å²) in [6.07, 6.45) is 8.30. The summed E-state index contributed by atoms with van der Waals surface area (Å²) in [4.78, 5) is 12.5. The maximum absolute atomic E-state index is 12.5. The summed E-state index contributed by atoms with van der Waals surface area (Å²) in [5.74, 6) is 0.0670. The van der Waals surface area contributed by atoms with Gasteiger partial charge in [0.25, 0.3) is 0 Å². The molecule has 20 heavy (non-hydrogen) atoms. The molecule has 0 unspecified atom stereocenters. The monoisotopic (exact) mass is 283 g/mol. The molecule has 0 atom stereocenters. The largest absolute Gasteiger partial charge is 0.381 e. The van der Waals surface area contributed by atoms with Crippen molar-refractivity contribution < 1.29 is 9.53 Å². The molecule has 5 heteroatoms. The third-order valence-electron chi connectivity index (χ3n) is 5.02. The summed E-state index contributed by atoms with van der Waals surface area (Å²) < 4.78 is 5.35. The number of carbonyl (C=O) groups is 1. The van der Waals surface area contributed by atoms with Crippen LogP contribution in [-0.2, 0) is 9.53 Å². The predicted molar refractivity (Wildman–Crippen MR) is 79.2 cm³/mol. The highest BCUT2D eigenvalue weighted by Gasteiger charge is 2.39. The fourth-order valence-electron chi connectivity index (χ4n) is 3.34. The SMILES string of the molecule is NCC1(C(=O)NCC2(N)CCCCCC2)CCOCC1. The molecule has 1 saturated carbocycles. The molecule has 5 nitrogen and oxygen atoms in total. The molecule has 2 rings (SSSR count). The van der Waals surface area contributed by atoms with Gasteiger partial charge in [0.15, 0.2) is 0 Å². The molecule has 1 amide bonds. The average molecular weight is 283 g/mol. The summed E-state index contributed by atoms with van der Waals surface area (Å²) in [7, 11) is 0. The molecule has 0 aromatic rings. The van der Waals surface area contributed by atoms with Gasteiger partial charge in [-0.2, -0.15) is 0 Å². The Morgan fingerprint density at radius 1 is 1.05 bits per heavy atom. The summed E-state index contributed by atoms with van der Waals surface area (Å²) >= 11 is 0. The number of amides is 1. The molecule has 5 N–H and O–H groups in total. The third-order valence-corrected chi connectivity index (χ3v) is 5.02. The van der Waals surface area contributed by atoms with Crippen LogP contribution in [0.2, 0.25) is 0 Å². The highest BCUT2D eigenvalue weighted by molar-refractivity contribution is 5.83. The zero-order chi connectivity index (χ0) is 14.5. The Morgan fingerprint density at radius 3 is 2.20 bits per heavy atom. The van der Waals surface area contributed by atoms with Crippen molar-refractivity contribution in [2.75, 3.05) is 26.3 Å². The number of nitrogens with one attached hydrogen (secondary N) is 1. The molecule has 1 aliphatic carbocycles. The van der Waals surface area contributed by atoms with Gasteiger partial charge in [-0.25, -0.2) is 0 Å². The van der Waals surface area contributed by atoms with Crippen molar-refractivity contribution in [2.24, 2.45) is 16.9 Å². The second-order valence-corrected chi connectivity index (χ2v) is 6.56. The molecule has 1 saturated heterocycles. The van der Waals surface area contributed by atoms with Gasteiger partial charge in [0.05, 0.1) is 5.41 Å². The summed E-state index contributed by atoms with van der Waals surface area (Å²) in [6, 6.07) is 0. The van der Waals surface area contributed by atoms with Gasteiger partial charge in [0.2, 0.25) is 5.91 Å². The van der Waals surface area contributed by atoms with Gasteiger partial charge in [-0.1, -0.05) is 25.7 Å². The van der Waals surface area contributed by atoms with E-state index < -0.39 is 5.41 Å². The minimum Gasteiger partial charge on any atom is -0.381 e. The van der Waals surface area contributed by atoms with Crippen LogP contribution < -0.4 is 16.8 Å². The van der Waals surface area contributed by atoms with Crippen molar-refractivity contribution >= 4 is 5.91 Å². The van der Waals surface area contributed by atoms with Crippen LogP contribution in [0.4, 0.5) is 0 Å². The summed E-state index contributed by atoms with van der Waals surface area (Å²) in [6.45, 7) is 2.21. The van der Waals surface area contributed by atoms with Crippen LogP contribution in [0, 0.1) is 5.41 Å². The average Bonchev–Trinajstić information content (AvgIpc) is 2.71. The number of nitrogens with two attached hydrogens (primary N) is 2. The van der Waals surface area contributed by atoms with Crippen molar-refractivity contribution in [2.45, 2.75) is 56.9 Å². The van der Waals surface area contributed by atoms with Crippen LogP contribution in [0.5, 0.6) is 0 Å². The molecule has 0 aromatic carbocycles. The van der Waals surface area contributed by atoms with Crippen LogP contribution in [-0.4, -0.2) is 37.7 Å². The molecule has 116 valence electrons. The maximum atomic E-state index is 12.5. The van der Waals surface area contributed by atoms with Crippen LogP contribution in [0.25, 0.3) is 0 Å². The normalized spacial score (nSPS) is 25.7. The molecule has 0 radical (unpaired) electrons. The first kappa shape index (κ1) is 15.7. The minimum absolute atomic E-state index is 0.0670. The number of carbonyl (C=O) groups excluding carboxylic acids is 1. The summed E-state index contributed by atoms with van der Waals surface area (Å²) in [5, 5.41) is 3.08. The first-order valence-electron chi connectivity index (χ1n) is 7.95. The molecule has 0 bridgehead atoms.